The highest BCUT2D eigenvalue weighted by molar-refractivity contribution is 5.56. The number of nitrogens with one attached hydrogen (secondary N) is 1. The molecule has 1 aromatic carbocycles. The zero-order valence-electron chi connectivity index (χ0n) is 10.0. The molecule has 0 fully saturated rings. The molecule has 1 heterocycles. The summed E-state index contributed by atoms with van der Waals surface area (Å²) in [5.41, 5.74) is 7.86. The molecule has 0 unspecified atom stereocenters. The molecule has 0 amide bonds. The van der Waals surface area contributed by atoms with Crippen LogP contribution in [0.15, 0.2) is 36.7 Å². The Balaban J connectivity index is 2.14. The number of hydrogen-bond acceptors (Lipinski definition) is 4. The second-order valence-electron chi connectivity index (χ2n) is 4.23. The molecular weight excluding hydrogens is 212 g/mol. The van der Waals surface area contributed by atoms with Crippen molar-refractivity contribution in [3.05, 3.63) is 42.2 Å². The molecule has 17 heavy (non-hydrogen) atoms. The van der Waals surface area contributed by atoms with Crippen molar-refractivity contribution >= 4 is 17.3 Å². The van der Waals surface area contributed by atoms with E-state index in [4.69, 9.17) is 5.73 Å². The van der Waals surface area contributed by atoms with Gasteiger partial charge in [-0.25, -0.2) is 4.98 Å². The van der Waals surface area contributed by atoms with E-state index in [0.29, 0.717) is 17.6 Å². The minimum absolute atomic E-state index is 0.411. The number of nitrogens with two attached hydrogens (primary N) is 1. The van der Waals surface area contributed by atoms with Gasteiger partial charge >= 0.3 is 0 Å². The fourth-order valence-electron chi connectivity index (χ4n) is 1.54. The average molecular weight is 228 g/mol. The van der Waals surface area contributed by atoms with Gasteiger partial charge in [0.2, 0.25) is 0 Å². The van der Waals surface area contributed by atoms with Crippen molar-refractivity contribution in [3.8, 4) is 0 Å². The van der Waals surface area contributed by atoms with Crippen molar-refractivity contribution in [2.45, 2.75) is 19.8 Å². The summed E-state index contributed by atoms with van der Waals surface area (Å²) in [6.45, 7) is 4.34. The monoisotopic (exact) mass is 228 g/mol. The zero-order chi connectivity index (χ0) is 12.3. The predicted molar refractivity (Wildman–Crippen MR) is 70.3 cm³/mol. The first kappa shape index (κ1) is 11.4. The van der Waals surface area contributed by atoms with E-state index in [0.717, 1.165) is 5.69 Å². The molecule has 0 aliphatic carbocycles. The maximum atomic E-state index is 5.56. The van der Waals surface area contributed by atoms with E-state index in [-0.39, 0.29) is 0 Å². The van der Waals surface area contributed by atoms with Crippen LogP contribution in [-0.4, -0.2) is 9.97 Å². The summed E-state index contributed by atoms with van der Waals surface area (Å²) < 4.78 is 0. The van der Waals surface area contributed by atoms with Crippen LogP contribution in [0.3, 0.4) is 0 Å². The number of aromatic nitrogens is 2. The lowest BCUT2D eigenvalue weighted by molar-refractivity contribution is 0.867. The van der Waals surface area contributed by atoms with Gasteiger partial charge in [-0.15, -0.1) is 0 Å². The standard InChI is InChI=1S/C13H16N4/c1-9(2)10-3-5-11(6-4-10)16-13-8-15-7-12(14)17-13/h3-9H,1-2H3,(H3,14,16,17). The molecule has 0 aliphatic heterocycles. The maximum Gasteiger partial charge on any atom is 0.151 e. The van der Waals surface area contributed by atoms with Crippen molar-refractivity contribution in [2.75, 3.05) is 11.1 Å². The Bertz CT molecular complexity index is 491. The number of benzene rings is 1. The average Bonchev–Trinajstić information content (AvgIpc) is 2.29. The lowest BCUT2D eigenvalue weighted by atomic mass is 10.0. The van der Waals surface area contributed by atoms with Gasteiger partial charge in [-0.2, -0.15) is 0 Å². The van der Waals surface area contributed by atoms with E-state index < -0.39 is 0 Å². The Morgan fingerprint density at radius 3 is 2.41 bits per heavy atom. The van der Waals surface area contributed by atoms with E-state index in [1.54, 1.807) is 6.20 Å². The van der Waals surface area contributed by atoms with Crippen LogP contribution in [0.4, 0.5) is 17.3 Å². The van der Waals surface area contributed by atoms with Gasteiger partial charge in [0, 0.05) is 5.69 Å². The van der Waals surface area contributed by atoms with E-state index >= 15 is 0 Å². The van der Waals surface area contributed by atoms with E-state index in [2.05, 4.69) is 41.3 Å². The topological polar surface area (TPSA) is 63.8 Å². The smallest absolute Gasteiger partial charge is 0.151 e. The molecular formula is C13H16N4. The molecule has 0 saturated carbocycles. The quantitative estimate of drug-likeness (QED) is 0.847. The van der Waals surface area contributed by atoms with Crippen molar-refractivity contribution in [3.63, 3.8) is 0 Å². The van der Waals surface area contributed by atoms with Crippen LogP contribution in [0.2, 0.25) is 0 Å². The normalized spacial score (nSPS) is 10.5. The van der Waals surface area contributed by atoms with Gasteiger partial charge in [-0.1, -0.05) is 26.0 Å². The Labute approximate surface area is 101 Å². The molecule has 0 atom stereocenters. The SMILES string of the molecule is CC(C)c1ccc(Nc2cncc(N)n2)cc1. The Kier molecular flexibility index (Phi) is 3.23. The molecule has 0 spiro atoms. The number of nitrogen functional groups attached to an aromatic ring is 1. The summed E-state index contributed by atoms with van der Waals surface area (Å²) in [7, 11) is 0. The molecule has 2 rings (SSSR count). The molecule has 88 valence electrons. The van der Waals surface area contributed by atoms with Gasteiger partial charge in [0.25, 0.3) is 0 Å². The summed E-state index contributed by atoms with van der Waals surface area (Å²) in [6, 6.07) is 8.26. The van der Waals surface area contributed by atoms with Crippen molar-refractivity contribution in [1.29, 1.82) is 0 Å². The zero-order valence-corrected chi connectivity index (χ0v) is 10.0. The minimum Gasteiger partial charge on any atom is -0.382 e. The summed E-state index contributed by atoms with van der Waals surface area (Å²) in [5.74, 6) is 1.60. The molecule has 4 heteroatoms. The van der Waals surface area contributed by atoms with Gasteiger partial charge in [-0.05, 0) is 23.6 Å². The van der Waals surface area contributed by atoms with E-state index in [1.165, 1.54) is 11.8 Å². The largest absolute Gasteiger partial charge is 0.382 e. The Morgan fingerprint density at radius 2 is 1.82 bits per heavy atom. The van der Waals surface area contributed by atoms with Crippen LogP contribution in [0, 0.1) is 0 Å². The molecule has 0 bridgehead atoms. The fraction of sp³-hybridized carbons (Fsp3) is 0.231. The lowest BCUT2D eigenvalue weighted by Crippen LogP contribution is -1.98. The van der Waals surface area contributed by atoms with Gasteiger partial charge in [0.1, 0.15) is 5.82 Å². The van der Waals surface area contributed by atoms with Crippen molar-refractivity contribution < 1.29 is 0 Å². The lowest BCUT2D eigenvalue weighted by Gasteiger charge is -2.08. The Hall–Kier alpha value is -2.10. The number of nitrogens with zero attached hydrogens (tertiary/aromatic N) is 2. The van der Waals surface area contributed by atoms with Gasteiger partial charge in [0.05, 0.1) is 12.4 Å². The summed E-state index contributed by atoms with van der Waals surface area (Å²) in [4.78, 5) is 8.11. The van der Waals surface area contributed by atoms with Gasteiger partial charge in [0.15, 0.2) is 5.82 Å². The van der Waals surface area contributed by atoms with Gasteiger partial charge in [-0.3, -0.25) is 4.98 Å². The van der Waals surface area contributed by atoms with Crippen LogP contribution < -0.4 is 11.1 Å². The molecule has 0 saturated heterocycles. The van der Waals surface area contributed by atoms with Gasteiger partial charge < -0.3 is 11.1 Å². The third-order valence-electron chi connectivity index (χ3n) is 2.50. The van der Waals surface area contributed by atoms with Crippen LogP contribution in [0.1, 0.15) is 25.3 Å². The van der Waals surface area contributed by atoms with E-state index in [9.17, 15) is 0 Å². The summed E-state index contributed by atoms with van der Waals surface area (Å²) in [6.07, 6.45) is 3.17. The van der Waals surface area contributed by atoms with Crippen LogP contribution in [0.25, 0.3) is 0 Å². The highest BCUT2D eigenvalue weighted by Crippen LogP contribution is 2.19. The molecule has 4 nitrogen and oxygen atoms in total. The van der Waals surface area contributed by atoms with Crippen LogP contribution >= 0.6 is 0 Å². The Morgan fingerprint density at radius 1 is 1.12 bits per heavy atom. The number of anilines is 3. The number of rotatable bonds is 3. The molecule has 2 aromatic rings. The van der Waals surface area contributed by atoms with Crippen LogP contribution in [-0.2, 0) is 0 Å². The molecule has 0 aliphatic rings. The highest BCUT2D eigenvalue weighted by Gasteiger charge is 2.00. The van der Waals surface area contributed by atoms with E-state index in [1.807, 2.05) is 12.1 Å². The second kappa shape index (κ2) is 4.82. The first-order chi connectivity index (χ1) is 8.15. The minimum atomic E-state index is 0.411. The third kappa shape index (κ3) is 2.93. The third-order valence-corrected chi connectivity index (χ3v) is 2.50. The van der Waals surface area contributed by atoms with Crippen LogP contribution in [0.5, 0.6) is 0 Å². The maximum absolute atomic E-state index is 5.56. The predicted octanol–water partition coefficient (Wildman–Crippen LogP) is 2.93. The van der Waals surface area contributed by atoms with Crippen molar-refractivity contribution in [2.24, 2.45) is 0 Å². The van der Waals surface area contributed by atoms with Crippen molar-refractivity contribution in [1.82, 2.24) is 9.97 Å². The molecule has 3 N–H and O–H groups in total. The summed E-state index contributed by atoms with van der Waals surface area (Å²) >= 11 is 0. The summed E-state index contributed by atoms with van der Waals surface area (Å²) in [5, 5.41) is 3.16. The second-order valence-corrected chi connectivity index (χ2v) is 4.23. The molecule has 1 aromatic heterocycles. The number of hydrogen-bond donors (Lipinski definition) is 2. The first-order valence-electron chi connectivity index (χ1n) is 5.59. The fourth-order valence-corrected chi connectivity index (χ4v) is 1.54. The highest BCUT2D eigenvalue weighted by atomic mass is 15.0. The molecule has 0 radical (unpaired) electrons. The first-order valence-corrected chi connectivity index (χ1v) is 5.59.